The standard InChI is InChI=1S/C24H23N3O3S/c1-15-20(23(29)30-4)21(17-8-6-5-7-9-17)27-22(28)19(31-24(27)25-15)14-16-10-12-18(13-11-16)26(2)3/h5-14,21H,1-4H3/b19-14-. The smallest absolute Gasteiger partial charge is 0.338 e. The van der Waals surface area contributed by atoms with Gasteiger partial charge in [-0.05, 0) is 36.3 Å². The molecule has 1 aromatic heterocycles. The zero-order valence-electron chi connectivity index (χ0n) is 17.8. The number of carbonyl (C=O) groups excluding carboxylic acids is 1. The van der Waals surface area contributed by atoms with Crippen LogP contribution in [0.3, 0.4) is 0 Å². The molecule has 2 aromatic carbocycles. The monoisotopic (exact) mass is 433 g/mol. The molecular weight excluding hydrogens is 410 g/mol. The summed E-state index contributed by atoms with van der Waals surface area (Å²) in [5, 5.41) is 0. The number of fused-ring (bicyclic) bond motifs is 1. The van der Waals surface area contributed by atoms with E-state index < -0.39 is 12.0 Å². The highest BCUT2D eigenvalue weighted by atomic mass is 32.1. The molecule has 3 aromatic rings. The molecule has 0 radical (unpaired) electrons. The maximum absolute atomic E-state index is 13.4. The van der Waals surface area contributed by atoms with Crippen LogP contribution in [0.1, 0.15) is 24.1 Å². The van der Waals surface area contributed by atoms with Crippen LogP contribution in [0.2, 0.25) is 0 Å². The third-order valence-corrected chi connectivity index (χ3v) is 6.23. The van der Waals surface area contributed by atoms with Crippen LogP contribution in [0.15, 0.2) is 75.7 Å². The van der Waals surface area contributed by atoms with Crippen molar-refractivity contribution in [2.45, 2.75) is 13.0 Å². The number of hydrogen-bond donors (Lipinski definition) is 0. The second kappa shape index (κ2) is 8.35. The van der Waals surface area contributed by atoms with Crippen LogP contribution in [0.4, 0.5) is 5.69 Å². The molecule has 1 atom stereocenters. The lowest BCUT2D eigenvalue weighted by Gasteiger charge is -2.24. The third-order valence-electron chi connectivity index (χ3n) is 5.25. The van der Waals surface area contributed by atoms with E-state index in [9.17, 15) is 9.59 Å². The van der Waals surface area contributed by atoms with E-state index in [1.807, 2.05) is 79.7 Å². The van der Waals surface area contributed by atoms with Crippen molar-refractivity contribution in [2.75, 3.05) is 26.1 Å². The van der Waals surface area contributed by atoms with E-state index in [2.05, 4.69) is 4.99 Å². The van der Waals surface area contributed by atoms with Crippen molar-refractivity contribution in [3.05, 3.63) is 96.7 Å². The number of carbonyl (C=O) groups is 1. The first-order valence-electron chi connectivity index (χ1n) is 9.84. The molecule has 0 amide bonds. The summed E-state index contributed by atoms with van der Waals surface area (Å²) in [7, 11) is 5.31. The molecule has 0 aliphatic carbocycles. The highest BCUT2D eigenvalue weighted by Gasteiger charge is 2.32. The molecule has 0 N–H and O–H groups in total. The number of ether oxygens (including phenoxy) is 1. The third kappa shape index (κ3) is 3.84. The van der Waals surface area contributed by atoms with Gasteiger partial charge < -0.3 is 9.64 Å². The van der Waals surface area contributed by atoms with Gasteiger partial charge in [-0.3, -0.25) is 9.36 Å². The van der Waals surface area contributed by atoms with Gasteiger partial charge in [0.15, 0.2) is 4.80 Å². The predicted molar refractivity (Wildman–Crippen MR) is 123 cm³/mol. The molecule has 0 fully saturated rings. The van der Waals surface area contributed by atoms with Crippen LogP contribution in [0, 0.1) is 0 Å². The van der Waals surface area contributed by atoms with Crippen molar-refractivity contribution in [3.63, 3.8) is 0 Å². The number of anilines is 1. The molecule has 0 saturated heterocycles. The lowest BCUT2D eigenvalue weighted by atomic mass is 9.96. The minimum Gasteiger partial charge on any atom is -0.466 e. The Balaban J connectivity index is 1.91. The molecular formula is C24H23N3O3S. The van der Waals surface area contributed by atoms with E-state index in [0.717, 1.165) is 16.8 Å². The van der Waals surface area contributed by atoms with Gasteiger partial charge in [-0.15, -0.1) is 0 Å². The van der Waals surface area contributed by atoms with E-state index >= 15 is 0 Å². The first kappa shape index (κ1) is 20.8. The lowest BCUT2D eigenvalue weighted by Crippen LogP contribution is -2.39. The maximum atomic E-state index is 13.4. The van der Waals surface area contributed by atoms with Crippen LogP contribution < -0.4 is 19.8 Å². The summed E-state index contributed by atoms with van der Waals surface area (Å²) in [6, 6.07) is 16.9. The second-order valence-electron chi connectivity index (χ2n) is 7.47. The quantitative estimate of drug-likeness (QED) is 0.593. The van der Waals surface area contributed by atoms with Crippen LogP contribution in [0.5, 0.6) is 0 Å². The molecule has 158 valence electrons. The normalized spacial score (nSPS) is 16.0. The van der Waals surface area contributed by atoms with Crippen LogP contribution in [-0.4, -0.2) is 31.7 Å². The molecule has 6 nitrogen and oxygen atoms in total. The number of hydrogen-bond acceptors (Lipinski definition) is 6. The summed E-state index contributed by atoms with van der Waals surface area (Å²) in [4.78, 5) is 33.2. The van der Waals surface area contributed by atoms with E-state index in [1.54, 1.807) is 11.5 Å². The molecule has 1 unspecified atom stereocenters. The highest BCUT2D eigenvalue weighted by Crippen LogP contribution is 2.30. The Kier molecular flexibility index (Phi) is 5.61. The fraction of sp³-hybridized carbons (Fsp3) is 0.208. The summed E-state index contributed by atoms with van der Waals surface area (Å²) >= 11 is 1.32. The molecule has 1 aliphatic heterocycles. The molecule has 0 bridgehead atoms. The number of rotatable bonds is 4. The largest absolute Gasteiger partial charge is 0.466 e. The van der Waals surface area contributed by atoms with Crippen LogP contribution >= 0.6 is 11.3 Å². The van der Waals surface area contributed by atoms with Crippen molar-refractivity contribution in [3.8, 4) is 0 Å². The first-order valence-corrected chi connectivity index (χ1v) is 10.7. The van der Waals surface area contributed by atoms with Crippen LogP contribution in [0.25, 0.3) is 6.08 Å². The number of nitrogens with zero attached hydrogens (tertiary/aromatic N) is 3. The fourth-order valence-corrected chi connectivity index (χ4v) is 4.71. The van der Waals surface area contributed by atoms with Crippen molar-refractivity contribution < 1.29 is 9.53 Å². The van der Waals surface area contributed by atoms with Crippen molar-refractivity contribution >= 4 is 29.1 Å². The van der Waals surface area contributed by atoms with Crippen molar-refractivity contribution in [2.24, 2.45) is 4.99 Å². The van der Waals surface area contributed by atoms with E-state index in [1.165, 1.54) is 18.4 Å². The average Bonchev–Trinajstić information content (AvgIpc) is 3.07. The fourth-order valence-electron chi connectivity index (χ4n) is 3.66. The average molecular weight is 434 g/mol. The summed E-state index contributed by atoms with van der Waals surface area (Å²) in [5.74, 6) is -0.483. The van der Waals surface area contributed by atoms with Gasteiger partial charge in [0.2, 0.25) is 0 Å². The number of methoxy groups -OCH3 is 1. The second-order valence-corrected chi connectivity index (χ2v) is 8.48. The van der Waals surface area contributed by atoms with E-state index in [4.69, 9.17) is 4.74 Å². The van der Waals surface area contributed by atoms with Gasteiger partial charge in [-0.1, -0.05) is 53.8 Å². The summed E-state index contributed by atoms with van der Waals surface area (Å²) in [5.41, 5.74) is 3.60. The Bertz CT molecular complexity index is 1330. The summed E-state index contributed by atoms with van der Waals surface area (Å²) in [6.45, 7) is 1.78. The van der Waals surface area contributed by atoms with Gasteiger partial charge in [0.05, 0.1) is 29.0 Å². The van der Waals surface area contributed by atoms with Gasteiger partial charge in [-0.2, -0.15) is 0 Å². The molecule has 1 aliphatic rings. The number of aromatic nitrogens is 1. The van der Waals surface area contributed by atoms with Crippen molar-refractivity contribution in [1.82, 2.24) is 4.57 Å². The Labute approximate surface area is 184 Å². The topological polar surface area (TPSA) is 63.9 Å². The number of thiazole rings is 1. The Morgan fingerprint density at radius 1 is 1.13 bits per heavy atom. The lowest BCUT2D eigenvalue weighted by molar-refractivity contribution is -0.136. The minimum atomic E-state index is -0.580. The van der Waals surface area contributed by atoms with Gasteiger partial charge in [0.1, 0.15) is 0 Å². The molecule has 0 spiro atoms. The molecule has 0 saturated carbocycles. The van der Waals surface area contributed by atoms with Gasteiger partial charge in [0.25, 0.3) is 5.56 Å². The number of allylic oxidation sites excluding steroid dienone is 1. The van der Waals surface area contributed by atoms with Gasteiger partial charge in [0, 0.05) is 19.8 Å². The Morgan fingerprint density at radius 2 is 1.81 bits per heavy atom. The zero-order chi connectivity index (χ0) is 22.1. The van der Waals surface area contributed by atoms with Gasteiger partial charge >= 0.3 is 5.97 Å². The van der Waals surface area contributed by atoms with Gasteiger partial charge in [-0.25, -0.2) is 9.79 Å². The first-order chi connectivity index (χ1) is 14.9. The Hall–Kier alpha value is -3.45. The maximum Gasteiger partial charge on any atom is 0.338 e. The molecule has 7 heteroatoms. The van der Waals surface area contributed by atoms with E-state index in [0.29, 0.717) is 20.6 Å². The zero-order valence-corrected chi connectivity index (χ0v) is 18.6. The summed E-state index contributed by atoms with van der Waals surface area (Å²) < 4.78 is 7.18. The Morgan fingerprint density at radius 3 is 2.42 bits per heavy atom. The number of benzene rings is 2. The SMILES string of the molecule is COC(=O)C1=C(C)N=c2s/c(=C\c3ccc(N(C)C)cc3)c(=O)n2C1c1ccccc1. The predicted octanol–water partition coefficient (Wildman–Crippen LogP) is 2.47. The molecule has 4 rings (SSSR count). The van der Waals surface area contributed by atoms with Crippen LogP contribution in [-0.2, 0) is 9.53 Å². The van der Waals surface area contributed by atoms with E-state index in [-0.39, 0.29) is 5.56 Å². The van der Waals surface area contributed by atoms with Crippen molar-refractivity contribution in [1.29, 1.82) is 0 Å². The number of esters is 1. The highest BCUT2D eigenvalue weighted by molar-refractivity contribution is 7.07. The molecule has 31 heavy (non-hydrogen) atoms. The summed E-state index contributed by atoms with van der Waals surface area (Å²) in [6.07, 6.45) is 1.86. The molecule has 2 heterocycles. The minimum absolute atomic E-state index is 0.178.